The third-order valence-electron chi connectivity index (χ3n) is 2.73. The predicted molar refractivity (Wildman–Crippen MR) is 57.6 cm³/mol. The maximum atomic E-state index is 9.58. The minimum atomic E-state index is -0.225. The van der Waals surface area contributed by atoms with Crippen molar-refractivity contribution in [3.63, 3.8) is 0 Å². The van der Waals surface area contributed by atoms with Crippen LogP contribution >= 0.6 is 0 Å². The van der Waals surface area contributed by atoms with E-state index < -0.39 is 0 Å². The van der Waals surface area contributed by atoms with Gasteiger partial charge in [-0.1, -0.05) is 0 Å². The van der Waals surface area contributed by atoms with E-state index in [9.17, 15) is 5.11 Å². The summed E-state index contributed by atoms with van der Waals surface area (Å²) in [6.45, 7) is 4.61. The number of hydrogen-bond acceptors (Lipinski definition) is 3. The van der Waals surface area contributed by atoms with Gasteiger partial charge < -0.3 is 9.84 Å². The first-order chi connectivity index (χ1) is 7.15. The fraction of sp³-hybridized carbons (Fsp3) is 0.583. The van der Waals surface area contributed by atoms with Crippen LogP contribution in [-0.2, 0) is 4.74 Å². The Hall–Kier alpha value is -0.930. The summed E-state index contributed by atoms with van der Waals surface area (Å²) in [5, 5.41) is 9.58. The van der Waals surface area contributed by atoms with Gasteiger partial charge in [0.15, 0.2) is 0 Å². The lowest BCUT2D eigenvalue weighted by Crippen LogP contribution is -2.23. The molecule has 2 heterocycles. The van der Waals surface area contributed by atoms with Crippen molar-refractivity contribution in [2.24, 2.45) is 0 Å². The molecule has 0 spiro atoms. The molecule has 1 fully saturated rings. The number of ether oxygens (including phenoxy) is 1. The van der Waals surface area contributed by atoms with Crippen molar-refractivity contribution in [3.05, 3.63) is 29.1 Å². The molecule has 1 N–H and O–H groups in total. The van der Waals surface area contributed by atoms with Crippen molar-refractivity contribution >= 4 is 0 Å². The lowest BCUT2D eigenvalue weighted by atomic mass is 9.99. The van der Waals surface area contributed by atoms with Crippen LogP contribution in [-0.4, -0.2) is 22.8 Å². The normalized spacial score (nSPS) is 26.6. The Morgan fingerprint density at radius 3 is 2.60 bits per heavy atom. The lowest BCUT2D eigenvalue weighted by molar-refractivity contribution is -0.0448. The number of rotatable bonds is 1. The highest BCUT2D eigenvalue weighted by molar-refractivity contribution is 5.23. The van der Waals surface area contributed by atoms with Crippen LogP contribution in [0.15, 0.2) is 12.1 Å². The molecule has 2 rings (SSSR count). The van der Waals surface area contributed by atoms with Crippen LogP contribution in [0.3, 0.4) is 0 Å². The highest BCUT2D eigenvalue weighted by atomic mass is 16.5. The Kier molecular flexibility index (Phi) is 3.03. The van der Waals surface area contributed by atoms with Crippen LogP contribution in [0, 0.1) is 13.8 Å². The predicted octanol–water partition coefficient (Wildman–Crippen LogP) is 1.91. The minimum Gasteiger partial charge on any atom is -0.393 e. The van der Waals surface area contributed by atoms with Gasteiger partial charge in [0.05, 0.1) is 12.2 Å². The zero-order chi connectivity index (χ0) is 10.8. The number of aliphatic hydroxyl groups excluding tert-OH is 1. The van der Waals surface area contributed by atoms with Crippen molar-refractivity contribution in [2.45, 2.75) is 38.9 Å². The SMILES string of the molecule is Cc1cc(C2CC(O)CCO2)cc(C)n1. The van der Waals surface area contributed by atoms with Gasteiger partial charge in [0, 0.05) is 24.4 Å². The van der Waals surface area contributed by atoms with Crippen LogP contribution in [0.25, 0.3) is 0 Å². The maximum absolute atomic E-state index is 9.58. The largest absolute Gasteiger partial charge is 0.393 e. The molecule has 1 saturated heterocycles. The highest BCUT2D eigenvalue weighted by Gasteiger charge is 2.22. The first kappa shape index (κ1) is 10.6. The summed E-state index contributed by atoms with van der Waals surface area (Å²) in [7, 11) is 0. The second-order valence-corrected chi connectivity index (χ2v) is 4.22. The van der Waals surface area contributed by atoms with Crippen LogP contribution in [0.1, 0.15) is 35.9 Å². The monoisotopic (exact) mass is 207 g/mol. The average molecular weight is 207 g/mol. The Bertz CT molecular complexity index is 331. The van der Waals surface area contributed by atoms with E-state index in [0.717, 1.165) is 23.4 Å². The first-order valence-electron chi connectivity index (χ1n) is 5.40. The highest BCUT2D eigenvalue weighted by Crippen LogP contribution is 2.28. The van der Waals surface area contributed by atoms with E-state index in [0.29, 0.717) is 13.0 Å². The number of aliphatic hydroxyl groups is 1. The molecular formula is C12H17NO2. The summed E-state index contributed by atoms with van der Waals surface area (Å²) in [6.07, 6.45) is 1.26. The summed E-state index contributed by atoms with van der Waals surface area (Å²) >= 11 is 0. The fourth-order valence-electron chi connectivity index (χ4n) is 2.06. The van der Waals surface area contributed by atoms with Crippen molar-refractivity contribution in [1.82, 2.24) is 4.98 Å². The van der Waals surface area contributed by atoms with Gasteiger partial charge in [0.25, 0.3) is 0 Å². The molecule has 0 radical (unpaired) electrons. The van der Waals surface area contributed by atoms with Crippen molar-refractivity contribution in [3.8, 4) is 0 Å². The third-order valence-corrected chi connectivity index (χ3v) is 2.73. The second-order valence-electron chi connectivity index (χ2n) is 4.22. The standard InChI is InChI=1S/C12H17NO2/c1-8-5-10(6-9(2)13-8)12-7-11(14)3-4-15-12/h5-6,11-12,14H,3-4,7H2,1-2H3. The molecule has 0 aliphatic carbocycles. The van der Waals surface area contributed by atoms with Gasteiger partial charge in [-0.25, -0.2) is 0 Å². The Balaban J connectivity index is 2.20. The van der Waals surface area contributed by atoms with Gasteiger partial charge in [0.1, 0.15) is 0 Å². The van der Waals surface area contributed by atoms with Gasteiger partial charge >= 0.3 is 0 Å². The molecule has 0 bridgehead atoms. The fourth-order valence-corrected chi connectivity index (χ4v) is 2.06. The van der Waals surface area contributed by atoms with Gasteiger partial charge in [-0.3, -0.25) is 4.98 Å². The minimum absolute atomic E-state index is 0.0362. The zero-order valence-corrected chi connectivity index (χ0v) is 9.23. The molecule has 15 heavy (non-hydrogen) atoms. The van der Waals surface area contributed by atoms with E-state index in [1.54, 1.807) is 0 Å². The van der Waals surface area contributed by atoms with Gasteiger partial charge in [-0.15, -0.1) is 0 Å². The molecule has 0 amide bonds. The molecule has 1 aliphatic rings. The van der Waals surface area contributed by atoms with Crippen LogP contribution < -0.4 is 0 Å². The van der Waals surface area contributed by atoms with Crippen molar-refractivity contribution in [1.29, 1.82) is 0 Å². The molecule has 1 aliphatic heterocycles. The second kappa shape index (κ2) is 4.29. The van der Waals surface area contributed by atoms with E-state index in [1.165, 1.54) is 0 Å². The number of aromatic nitrogens is 1. The molecule has 2 unspecified atom stereocenters. The third kappa shape index (κ3) is 2.55. The molecule has 3 nitrogen and oxygen atoms in total. The summed E-state index contributed by atoms with van der Waals surface area (Å²) in [5.74, 6) is 0. The topological polar surface area (TPSA) is 42.4 Å². The van der Waals surface area contributed by atoms with E-state index in [2.05, 4.69) is 4.98 Å². The van der Waals surface area contributed by atoms with Crippen LogP contribution in [0.5, 0.6) is 0 Å². The first-order valence-corrected chi connectivity index (χ1v) is 5.40. The molecule has 0 saturated carbocycles. The smallest absolute Gasteiger partial charge is 0.0850 e. The van der Waals surface area contributed by atoms with Crippen LogP contribution in [0.2, 0.25) is 0 Å². The molecule has 82 valence electrons. The molecule has 1 aromatic rings. The summed E-state index contributed by atoms with van der Waals surface area (Å²) in [6, 6.07) is 4.07. The van der Waals surface area contributed by atoms with Gasteiger partial charge in [-0.05, 0) is 38.0 Å². The summed E-state index contributed by atoms with van der Waals surface area (Å²) < 4.78 is 5.66. The van der Waals surface area contributed by atoms with Gasteiger partial charge in [0.2, 0.25) is 0 Å². The van der Waals surface area contributed by atoms with E-state index in [1.807, 2.05) is 26.0 Å². The number of hydrogen-bond donors (Lipinski definition) is 1. The zero-order valence-electron chi connectivity index (χ0n) is 9.23. The maximum Gasteiger partial charge on any atom is 0.0850 e. The van der Waals surface area contributed by atoms with E-state index >= 15 is 0 Å². The van der Waals surface area contributed by atoms with E-state index in [-0.39, 0.29) is 12.2 Å². The molecule has 3 heteroatoms. The Morgan fingerprint density at radius 1 is 1.33 bits per heavy atom. The summed E-state index contributed by atoms with van der Waals surface area (Å²) in [5.41, 5.74) is 3.15. The van der Waals surface area contributed by atoms with Crippen molar-refractivity contribution < 1.29 is 9.84 Å². The lowest BCUT2D eigenvalue weighted by Gasteiger charge is -2.27. The number of aryl methyl sites for hydroxylation is 2. The molecule has 1 aromatic heterocycles. The molecule has 0 aromatic carbocycles. The number of pyridine rings is 1. The van der Waals surface area contributed by atoms with Gasteiger partial charge in [-0.2, -0.15) is 0 Å². The molecular weight excluding hydrogens is 190 g/mol. The average Bonchev–Trinajstić information content (AvgIpc) is 2.16. The number of nitrogens with zero attached hydrogens (tertiary/aromatic N) is 1. The Morgan fingerprint density at radius 2 is 2.00 bits per heavy atom. The quantitative estimate of drug-likeness (QED) is 0.765. The van der Waals surface area contributed by atoms with Crippen LogP contribution in [0.4, 0.5) is 0 Å². The van der Waals surface area contributed by atoms with E-state index in [4.69, 9.17) is 4.74 Å². The summed E-state index contributed by atoms with van der Waals surface area (Å²) in [4.78, 5) is 4.33. The Labute approximate surface area is 90.1 Å². The van der Waals surface area contributed by atoms with Crippen molar-refractivity contribution in [2.75, 3.05) is 6.61 Å². The molecule has 2 atom stereocenters.